The molecule has 1 atom stereocenters. The van der Waals surface area contributed by atoms with Gasteiger partial charge in [-0.1, -0.05) is 24.3 Å². The molecule has 2 aromatic rings. The lowest BCUT2D eigenvalue weighted by Crippen LogP contribution is -2.48. The van der Waals surface area contributed by atoms with Crippen LogP contribution in [-0.2, 0) is 11.2 Å². The molecule has 1 heterocycles. The molecule has 0 aromatic heterocycles. The predicted octanol–water partition coefficient (Wildman–Crippen LogP) is 3.49. The van der Waals surface area contributed by atoms with Gasteiger partial charge in [0.1, 0.15) is 11.6 Å². The van der Waals surface area contributed by atoms with E-state index in [1.807, 2.05) is 11.0 Å². The minimum Gasteiger partial charge on any atom is -0.333 e. The maximum atomic E-state index is 13.5. The highest BCUT2D eigenvalue weighted by atomic mass is 35.5. The molecule has 0 radical (unpaired) electrons. The van der Waals surface area contributed by atoms with E-state index in [0.29, 0.717) is 25.9 Å². The van der Waals surface area contributed by atoms with Gasteiger partial charge in [-0.15, -0.1) is 12.4 Å². The number of benzene rings is 2. The van der Waals surface area contributed by atoms with Crippen molar-refractivity contribution in [2.24, 2.45) is 0 Å². The van der Waals surface area contributed by atoms with Crippen molar-refractivity contribution in [3.05, 3.63) is 71.3 Å². The van der Waals surface area contributed by atoms with Crippen molar-refractivity contribution in [1.29, 1.82) is 0 Å². The van der Waals surface area contributed by atoms with Gasteiger partial charge in [-0.05, 0) is 41.8 Å². The predicted molar refractivity (Wildman–Crippen MR) is 95.7 cm³/mol. The fraction of sp³-hybridized carbons (Fsp3) is 0.316. The molecule has 1 aliphatic rings. The molecule has 3 nitrogen and oxygen atoms in total. The first kappa shape index (κ1) is 19.3. The van der Waals surface area contributed by atoms with E-state index in [1.165, 1.54) is 24.3 Å². The summed E-state index contributed by atoms with van der Waals surface area (Å²) < 4.78 is 26.4. The van der Waals surface area contributed by atoms with Crippen molar-refractivity contribution < 1.29 is 13.6 Å². The van der Waals surface area contributed by atoms with Gasteiger partial charge in [-0.2, -0.15) is 0 Å². The van der Waals surface area contributed by atoms with Crippen LogP contribution in [0.25, 0.3) is 0 Å². The van der Waals surface area contributed by atoms with Crippen LogP contribution >= 0.6 is 12.4 Å². The molecule has 25 heavy (non-hydrogen) atoms. The molecule has 2 aromatic carbocycles. The molecule has 0 aliphatic carbocycles. The molecular weight excluding hydrogens is 346 g/mol. The molecule has 1 saturated heterocycles. The van der Waals surface area contributed by atoms with Crippen molar-refractivity contribution in [2.45, 2.75) is 18.9 Å². The fourth-order valence-electron chi connectivity index (χ4n) is 3.06. The standard InChI is InChI=1S/C19H20F2N2O.ClH/c20-16-7-4-14(5-8-16)6-9-19(24)23-11-10-22-13-18(23)15-2-1-3-17(21)12-15;/h1-5,7-8,12,18,22H,6,9-11,13H2;1H. The second-order valence-electron chi connectivity index (χ2n) is 5.99. The number of hydrogen-bond donors (Lipinski definition) is 1. The molecule has 1 amide bonds. The number of carbonyl (C=O) groups is 1. The van der Waals surface area contributed by atoms with Gasteiger partial charge in [-0.3, -0.25) is 4.79 Å². The van der Waals surface area contributed by atoms with Crippen LogP contribution in [0.4, 0.5) is 8.78 Å². The van der Waals surface area contributed by atoms with E-state index in [9.17, 15) is 13.6 Å². The summed E-state index contributed by atoms with van der Waals surface area (Å²) in [6, 6.07) is 12.4. The number of carbonyl (C=O) groups excluding carboxylic acids is 1. The van der Waals surface area contributed by atoms with Gasteiger partial charge in [0, 0.05) is 26.1 Å². The first-order valence-electron chi connectivity index (χ1n) is 8.13. The summed E-state index contributed by atoms with van der Waals surface area (Å²) >= 11 is 0. The maximum absolute atomic E-state index is 13.5. The maximum Gasteiger partial charge on any atom is 0.223 e. The Morgan fingerprint density at radius 3 is 2.60 bits per heavy atom. The van der Waals surface area contributed by atoms with Crippen molar-refractivity contribution >= 4 is 18.3 Å². The van der Waals surface area contributed by atoms with Gasteiger partial charge in [0.15, 0.2) is 0 Å². The van der Waals surface area contributed by atoms with Gasteiger partial charge in [0.05, 0.1) is 6.04 Å². The summed E-state index contributed by atoms with van der Waals surface area (Å²) in [4.78, 5) is 14.5. The first-order chi connectivity index (χ1) is 11.6. The molecule has 1 fully saturated rings. The molecule has 1 unspecified atom stereocenters. The Balaban J connectivity index is 0.00000225. The topological polar surface area (TPSA) is 32.3 Å². The van der Waals surface area contributed by atoms with E-state index >= 15 is 0 Å². The Morgan fingerprint density at radius 2 is 1.88 bits per heavy atom. The zero-order valence-corrected chi connectivity index (χ0v) is 14.6. The SMILES string of the molecule is Cl.O=C(CCc1ccc(F)cc1)N1CCNCC1c1cccc(F)c1. The second kappa shape index (κ2) is 8.92. The lowest BCUT2D eigenvalue weighted by Gasteiger charge is -2.36. The number of nitrogens with one attached hydrogen (secondary N) is 1. The molecule has 0 spiro atoms. The Bertz CT molecular complexity index is 709. The van der Waals surface area contributed by atoms with Crippen LogP contribution in [0.15, 0.2) is 48.5 Å². The third kappa shape index (κ3) is 5.00. The molecule has 1 aliphatic heterocycles. The summed E-state index contributed by atoms with van der Waals surface area (Å²) in [6.45, 7) is 1.95. The summed E-state index contributed by atoms with van der Waals surface area (Å²) in [6.07, 6.45) is 0.927. The minimum atomic E-state index is -0.295. The number of piperazine rings is 1. The monoisotopic (exact) mass is 366 g/mol. The highest BCUT2D eigenvalue weighted by Crippen LogP contribution is 2.24. The minimum absolute atomic E-state index is 0. The van der Waals surface area contributed by atoms with Crippen LogP contribution in [0.1, 0.15) is 23.6 Å². The summed E-state index contributed by atoms with van der Waals surface area (Å²) in [7, 11) is 0. The quantitative estimate of drug-likeness (QED) is 0.898. The molecular formula is C19H21ClF2N2O. The van der Waals surface area contributed by atoms with Crippen LogP contribution in [0, 0.1) is 11.6 Å². The Morgan fingerprint density at radius 1 is 1.12 bits per heavy atom. The first-order valence-corrected chi connectivity index (χ1v) is 8.13. The zero-order chi connectivity index (χ0) is 16.9. The van der Waals surface area contributed by atoms with E-state index in [1.54, 1.807) is 18.2 Å². The van der Waals surface area contributed by atoms with E-state index in [0.717, 1.165) is 17.7 Å². The van der Waals surface area contributed by atoms with Crippen LogP contribution in [0.2, 0.25) is 0 Å². The van der Waals surface area contributed by atoms with Gasteiger partial charge in [0.25, 0.3) is 0 Å². The third-order valence-electron chi connectivity index (χ3n) is 4.34. The van der Waals surface area contributed by atoms with Crippen LogP contribution < -0.4 is 5.32 Å². The number of rotatable bonds is 4. The fourth-order valence-corrected chi connectivity index (χ4v) is 3.06. The van der Waals surface area contributed by atoms with Gasteiger partial charge in [0.2, 0.25) is 5.91 Å². The van der Waals surface area contributed by atoms with Crippen LogP contribution in [0.3, 0.4) is 0 Å². The average Bonchev–Trinajstić information content (AvgIpc) is 2.61. The third-order valence-corrected chi connectivity index (χ3v) is 4.34. The van der Waals surface area contributed by atoms with Gasteiger partial charge >= 0.3 is 0 Å². The van der Waals surface area contributed by atoms with Crippen molar-refractivity contribution in [2.75, 3.05) is 19.6 Å². The lowest BCUT2D eigenvalue weighted by molar-refractivity contribution is -0.134. The van der Waals surface area contributed by atoms with Crippen molar-refractivity contribution in [1.82, 2.24) is 10.2 Å². The zero-order valence-electron chi connectivity index (χ0n) is 13.8. The van der Waals surface area contributed by atoms with Crippen LogP contribution in [-0.4, -0.2) is 30.4 Å². The van der Waals surface area contributed by atoms with E-state index in [-0.39, 0.29) is 36.0 Å². The molecule has 0 bridgehead atoms. The average molecular weight is 367 g/mol. The highest BCUT2D eigenvalue weighted by molar-refractivity contribution is 5.85. The number of amides is 1. The molecule has 1 N–H and O–H groups in total. The summed E-state index contributed by atoms with van der Waals surface area (Å²) in [5.74, 6) is -0.537. The lowest BCUT2D eigenvalue weighted by atomic mass is 10.0. The molecule has 134 valence electrons. The van der Waals surface area contributed by atoms with Crippen molar-refractivity contribution in [3.8, 4) is 0 Å². The highest BCUT2D eigenvalue weighted by Gasteiger charge is 2.27. The Kier molecular flexibility index (Phi) is 6.91. The Labute approximate surface area is 152 Å². The van der Waals surface area contributed by atoms with Gasteiger partial charge < -0.3 is 10.2 Å². The molecule has 0 saturated carbocycles. The van der Waals surface area contributed by atoms with Crippen LogP contribution in [0.5, 0.6) is 0 Å². The smallest absolute Gasteiger partial charge is 0.223 e. The Hall–Kier alpha value is -1.98. The second-order valence-corrected chi connectivity index (χ2v) is 5.99. The van der Waals surface area contributed by atoms with E-state index < -0.39 is 0 Å². The summed E-state index contributed by atoms with van der Waals surface area (Å²) in [5.41, 5.74) is 1.74. The van der Waals surface area contributed by atoms with Gasteiger partial charge in [-0.25, -0.2) is 8.78 Å². The largest absolute Gasteiger partial charge is 0.333 e. The van der Waals surface area contributed by atoms with E-state index in [2.05, 4.69) is 5.32 Å². The number of hydrogen-bond acceptors (Lipinski definition) is 2. The normalized spacial score (nSPS) is 17.0. The van der Waals surface area contributed by atoms with E-state index in [4.69, 9.17) is 0 Å². The number of halogens is 3. The van der Waals surface area contributed by atoms with Crippen molar-refractivity contribution in [3.63, 3.8) is 0 Å². The molecule has 6 heteroatoms. The number of nitrogens with zero attached hydrogens (tertiary/aromatic N) is 1. The number of aryl methyl sites for hydroxylation is 1. The molecule has 3 rings (SSSR count). The summed E-state index contributed by atoms with van der Waals surface area (Å²) in [5, 5.41) is 3.26.